The molecule has 256 valence electrons. The second kappa shape index (κ2) is 16.4. The number of aryl methyl sites for hydroxylation is 1. The van der Waals surface area contributed by atoms with Crippen LogP contribution in [0, 0.1) is 6.92 Å². The maximum absolute atomic E-state index is 14.5. The average Bonchev–Trinajstić information content (AvgIpc) is 3.03. The molecule has 0 bridgehead atoms. The highest BCUT2D eigenvalue weighted by Gasteiger charge is 2.33. The largest absolute Gasteiger partial charge is 0.442 e. The van der Waals surface area contributed by atoms with Crippen LogP contribution >= 0.6 is 15.0 Å². The first-order valence-electron chi connectivity index (χ1n) is 16.9. The summed E-state index contributed by atoms with van der Waals surface area (Å²) in [6, 6.07) is 29.4. The second-order valence-corrected chi connectivity index (χ2v) is 18.3. The van der Waals surface area contributed by atoms with Gasteiger partial charge in [0.05, 0.1) is 17.9 Å². The van der Waals surface area contributed by atoms with Crippen LogP contribution < -0.4 is 9.05 Å². The van der Waals surface area contributed by atoms with Crippen LogP contribution in [-0.4, -0.2) is 13.8 Å². The second-order valence-electron chi connectivity index (χ2n) is 13.6. The highest BCUT2D eigenvalue weighted by atomic mass is 31.2. The van der Waals surface area contributed by atoms with Crippen molar-refractivity contribution in [3.8, 4) is 22.6 Å². The van der Waals surface area contributed by atoms with Crippen LogP contribution in [0.4, 0.5) is 0 Å². The molecule has 0 fully saturated rings. The lowest BCUT2D eigenvalue weighted by Crippen LogP contribution is -2.18. The van der Waals surface area contributed by atoms with E-state index in [4.69, 9.17) is 13.6 Å². The molecule has 0 aliphatic carbocycles. The summed E-state index contributed by atoms with van der Waals surface area (Å²) in [4.78, 5) is 0. The molecule has 2 unspecified atom stereocenters. The first-order chi connectivity index (χ1) is 22.8. The number of rotatable bonds is 17. The van der Waals surface area contributed by atoms with Gasteiger partial charge in [0.15, 0.2) is 0 Å². The summed E-state index contributed by atoms with van der Waals surface area (Å²) in [5.74, 6) is 0.805. The van der Waals surface area contributed by atoms with Crippen molar-refractivity contribution in [2.45, 2.75) is 84.5 Å². The highest BCUT2D eigenvalue weighted by molar-refractivity contribution is 7.57. The third-order valence-corrected chi connectivity index (χ3v) is 12.1. The Morgan fingerprint density at radius 1 is 0.792 bits per heavy atom. The molecule has 0 amide bonds. The Balaban J connectivity index is 1.97. The Labute approximate surface area is 288 Å². The molecule has 5 nitrogen and oxygen atoms in total. The number of allylic oxidation sites excluding steroid dienone is 1. The SMILES string of the molecule is C=C(C)c1ccc(C)cc1-c1c(OP(C)(=O)Cc2ccccc2)cc(C(C)(C)CCCCCC)cc1OP(=O)(Cc1ccccc1)OC. The number of unbranched alkanes of at least 4 members (excludes halogenated alkanes) is 3. The van der Waals surface area contributed by atoms with Crippen molar-refractivity contribution in [2.24, 2.45) is 0 Å². The number of hydrogen-bond donors (Lipinski definition) is 0. The van der Waals surface area contributed by atoms with Crippen molar-refractivity contribution < 1.29 is 22.7 Å². The molecule has 0 aromatic heterocycles. The van der Waals surface area contributed by atoms with E-state index < -0.39 is 15.0 Å². The molecule has 0 aliphatic rings. The van der Waals surface area contributed by atoms with E-state index in [0.29, 0.717) is 17.1 Å². The molecule has 4 aromatic carbocycles. The normalized spacial score (nSPS) is 14.1. The molecule has 7 heteroatoms. The molecule has 0 heterocycles. The van der Waals surface area contributed by atoms with Crippen LogP contribution in [0.15, 0.2) is 97.6 Å². The third-order valence-electron chi connectivity index (χ3n) is 8.75. The van der Waals surface area contributed by atoms with E-state index in [1.807, 2.05) is 98.8 Å². The molecule has 4 aromatic rings. The van der Waals surface area contributed by atoms with Gasteiger partial charge in [-0.1, -0.05) is 143 Å². The van der Waals surface area contributed by atoms with Gasteiger partial charge in [-0.3, -0.25) is 4.57 Å². The Morgan fingerprint density at radius 2 is 1.38 bits per heavy atom. The summed E-state index contributed by atoms with van der Waals surface area (Å²) in [5, 5.41) is 0. The first kappa shape index (κ1) is 37.5. The maximum Gasteiger partial charge on any atom is 0.383 e. The summed E-state index contributed by atoms with van der Waals surface area (Å²) in [5.41, 5.74) is 6.61. The predicted octanol–water partition coefficient (Wildman–Crippen LogP) is 12.8. The van der Waals surface area contributed by atoms with Gasteiger partial charge in [-0.25, -0.2) is 4.57 Å². The lowest BCUT2D eigenvalue weighted by molar-refractivity contribution is 0.320. The van der Waals surface area contributed by atoms with E-state index in [0.717, 1.165) is 64.6 Å². The third kappa shape index (κ3) is 10.1. The molecule has 0 aliphatic heterocycles. The minimum Gasteiger partial charge on any atom is -0.442 e. The van der Waals surface area contributed by atoms with E-state index in [2.05, 4.69) is 33.4 Å². The molecule has 0 saturated heterocycles. The van der Waals surface area contributed by atoms with Crippen molar-refractivity contribution in [1.82, 2.24) is 0 Å². The highest BCUT2D eigenvalue weighted by Crippen LogP contribution is 2.58. The molecular formula is C41H52O5P2. The monoisotopic (exact) mass is 686 g/mol. The Hall–Kier alpha value is -3.36. The zero-order chi connectivity index (χ0) is 35.0. The Bertz CT molecular complexity index is 1780. The molecule has 4 rings (SSSR count). The number of hydrogen-bond acceptors (Lipinski definition) is 5. The topological polar surface area (TPSA) is 61.8 Å². The van der Waals surface area contributed by atoms with Gasteiger partial charge < -0.3 is 13.6 Å². The van der Waals surface area contributed by atoms with Crippen molar-refractivity contribution in [1.29, 1.82) is 0 Å². The van der Waals surface area contributed by atoms with E-state index in [1.54, 1.807) is 6.66 Å². The molecule has 0 N–H and O–H groups in total. The molecule has 2 atom stereocenters. The summed E-state index contributed by atoms with van der Waals surface area (Å²) in [6.07, 6.45) is 5.85. The molecule has 0 radical (unpaired) electrons. The molecule has 0 saturated carbocycles. The van der Waals surface area contributed by atoms with Crippen molar-refractivity contribution in [3.05, 3.63) is 125 Å². The molecular weight excluding hydrogens is 634 g/mol. The Morgan fingerprint density at radius 3 is 1.94 bits per heavy atom. The van der Waals surface area contributed by atoms with Gasteiger partial charge in [-0.15, -0.1) is 0 Å². The summed E-state index contributed by atoms with van der Waals surface area (Å²) < 4.78 is 47.8. The van der Waals surface area contributed by atoms with Gasteiger partial charge in [0.1, 0.15) is 11.5 Å². The Kier molecular flexibility index (Phi) is 12.8. The standard InChI is InChI=1S/C41H52O5P2/c1-9-10-11-18-25-41(5,6)35-27-38(45-47(8,42)29-33-19-14-12-15-20-33)40(37-26-32(4)23-24-36(37)31(2)3)39(28-35)46-48(43,44-7)30-34-21-16-13-17-22-34/h12-17,19-24,26-28H,2,9-11,18,25,29-30H2,1,3-8H3. The van der Waals surface area contributed by atoms with Gasteiger partial charge >= 0.3 is 7.60 Å². The fraction of sp³-hybridized carbons (Fsp3) is 0.366. The van der Waals surface area contributed by atoms with Gasteiger partial charge in [0, 0.05) is 13.8 Å². The van der Waals surface area contributed by atoms with Gasteiger partial charge in [0.25, 0.3) is 0 Å². The smallest absolute Gasteiger partial charge is 0.383 e. The number of benzene rings is 4. The maximum atomic E-state index is 14.5. The van der Waals surface area contributed by atoms with Crippen LogP contribution in [0.3, 0.4) is 0 Å². The van der Waals surface area contributed by atoms with Gasteiger partial charge in [-0.05, 0) is 65.6 Å². The van der Waals surface area contributed by atoms with Crippen molar-refractivity contribution in [2.75, 3.05) is 13.8 Å². The fourth-order valence-electron chi connectivity index (χ4n) is 6.01. The van der Waals surface area contributed by atoms with E-state index in [1.165, 1.54) is 13.5 Å². The zero-order valence-corrected chi connectivity index (χ0v) is 31.5. The van der Waals surface area contributed by atoms with Crippen LogP contribution in [-0.2, 0) is 31.4 Å². The molecule has 48 heavy (non-hydrogen) atoms. The van der Waals surface area contributed by atoms with Gasteiger partial charge in [-0.2, -0.15) is 0 Å². The van der Waals surface area contributed by atoms with Gasteiger partial charge in [0.2, 0.25) is 7.37 Å². The zero-order valence-electron chi connectivity index (χ0n) is 29.8. The van der Waals surface area contributed by atoms with E-state index in [9.17, 15) is 9.13 Å². The predicted molar refractivity (Wildman–Crippen MR) is 203 cm³/mol. The summed E-state index contributed by atoms with van der Waals surface area (Å²) >= 11 is 0. The fourth-order valence-corrected chi connectivity index (χ4v) is 8.88. The van der Waals surface area contributed by atoms with E-state index in [-0.39, 0.29) is 17.7 Å². The summed E-state index contributed by atoms with van der Waals surface area (Å²) in [6.45, 7) is 16.6. The molecule has 0 spiro atoms. The average molecular weight is 687 g/mol. The van der Waals surface area contributed by atoms with Crippen LogP contribution in [0.2, 0.25) is 0 Å². The minimum atomic E-state index is -3.72. The summed E-state index contributed by atoms with van der Waals surface area (Å²) in [7, 11) is -5.54. The first-order valence-corrected chi connectivity index (χ1v) is 20.9. The van der Waals surface area contributed by atoms with Crippen LogP contribution in [0.5, 0.6) is 11.5 Å². The van der Waals surface area contributed by atoms with E-state index >= 15 is 0 Å². The van der Waals surface area contributed by atoms with Crippen LogP contribution in [0.25, 0.3) is 16.7 Å². The van der Waals surface area contributed by atoms with Crippen molar-refractivity contribution in [3.63, 3.8) is 0 Å². The minimum absolute atomic E-state index is 0.0893. The lowest BCUT2D eigenvalue weighted by Gasteiger charge is -2.30. The quantitative estimate of drug-likeness (QED) is 0.0817. The lowest BCUT2D eigenvalue weighted by atomic mass is 9.79. The van der Waals surface area contributed by atoms with Crippen molar-refractivity contribution >= 4 is 20.5 Å². The van der Waals surface area contributed by atoms with Crippen LogP contribution in [0.1, 0.15) is 87.6 Å².